The molecule has 0 aromatic carbocycles. The zero-order valence-electron chi connectivity index (χ0n) is 11.6. The number of aromatic nitrogens is 3. The SMILES string of the molecule is O=C(CCc1ccncc1)Nc1nnc(C2CCCN2)o1. The third kappa shape index (κ3) is 3.63. The number of carbonyl (C=O) groups excluding carboxylic acids is 1. The van der Waals surface area contributed by atoms with Gasteiger partial charge in [0.05, 0.1) is 6.04 Å². The van der Waals surface area contributed by atoms with E-state index in [0.717, 1.165) is 24.9 Å². The summed E-state index contributed by atoms with van der Waals surface area (Å²) in [6, 6.07) is 4.06. The van der Waals surface area contributed by atoms with Crippen molar-refractivity contribution in [3.63, 3.8) is 0 Å². The third-order valence-electron chi connectivity index (χ3n) is 3.44. The van der Waals surface area contributed by atoms with Crippen LogP contribution in [0.1, 0.15) is 36.8 Å². The lowest BCUT2D eigenvalue weighted by Crippen LogP contribution is -2.13. The summed E-state index contributed by atoms with van der Waals surface area (Å²) in [5, 5.41) is 13.7. The van der Waals surface area contributed by atoms with Gasteiger partial charge in [0.25, 0.3) is 0 Å². The van der Waals surface area contributed by atoms with Crippen LogP contribution in [0.5, 0.6) is 0 Å². The fourth-order valence-corrected chi connectivity index (χ4v) is 2.31. The summed E-state index contributed by atoms with van der Waals surface area (Å²) in [5.41, 5.74) is 1.07. The number of hydrogen-bond acceptors (Lipinski definition) is 6. The Hall–Kier alpha value is -2.28. The number of pyridine rings is 1. The smallest absolute Gasteiger partial charge is 0.322 e. The van der Waals surface area contributed by atoms with Crippen LogP contribution in [0, 0.1) is 0 Å². The van der Waals surface area contributed by atoms with Crippen LogP contribution in [0.15, 0.2) is 28.9 Å². The topological polar surface area (TPSA) is 92.9 Å². The number of anilines is 1. The van der Waals surface area contributed by atoms with Crippen LogP contribution >= 0.6 is 0 Å². The molecule has 2 aromatic rings. The molecule has 1 fully saturated rings. The standard InChI is InChI=1S/C14H17N5O2/c20-12(4-3-10-5-8-15-9-6-10)17-14-19-18-13(21-14)11-2-1-7-16-11/h5-6,8-9,11,16H,1-4,7H2,(H,17,19,20). The van der Waals surface area contributed by atoms with Crippen LogP contribution in [-0.2, 0) is 11.2 Å². The Morgan fingerprint density at radius 2 is 2.24 bits per heavy atom. The molecular weight excluding hydrogens is 270 g/mol. The van der Waals surface area contributed by atoms with E-state index in [-0.39, 0.29) is 18.0 Å². The first kappa shape index (κ1) is 13.7. The van der Waals surface area contributed by atoms with Gasteiger partial charge in [-0.25, -0.2) is 0 Å². The van der Waals surface area contributed by atoms with Crippen molar-refractivity contribution in [2.75, 3.05) is 11.9 Å². The first-order chi connectivity index (χ1) is 10.3. The van der Waals surface area contributed by atoms with E-state index in [1.54, 1.807) is 12.4 Å². The molecule has 0 spiro atoms. The Labute approximate surface area is 122 Å². The van der Waals surface area contributed by atoms with Crippen LogP contribution in [0.25, 0.3) is 0 Å². The third-order valence-corrected chi connectivity index (χ3v) is 3.44. The minimum atomic E-state index is -0.138. The average molecular weight is 287 g/mol. The van der Waals surface area contributed by atoms with Crippen molar-refractivity contribution < 1.29 is 9.21 Å². The molecule has 7 nitrogen and oxygen atoms in total. The van der Waals surface area contributed by atoms with Crippen LogP contribution in [0.3, 0.4) is 0 Å². The summed E-state index contributed by atoms with van der Waals surface area (Å²) in [5.74, 6) is 0.401. The van der Waals surface area contributed by atoms with Crippen LogP contribution in [-0.4, -0.2) is 27.6 Å². The molecule has 1 unspecified atom stereocenters. The second-order valence-electron chi connectivity index (χ2n) is 5.00. The predicted molar refractivity (Wildman–Crippen MR) is 75.5 cm³/mol. The molecule has 0 radical (unpaired) electrons. The van der Waals surface area contributed by atoms with Crippen molar-refractivity contribution in [2.24, 2.45) is 0 Å². The van der Waals surface area contributed by atoms with Crippen molar-refractivity contribution in [3.05, 3.63) is 36.0 Å². The largest absolute Gasteiger partial charge is 0.406 e. The molecule has 110 valence electrons. The summed E-state index contributed by atoms with van der Waals surface area (Å²) < 4.78 is 5.46. The van der Waals surface area contributed by atoms with Gasteiger partial charge in [-0.1, -0.05) is 5.10 Å². The van der Waals surface area contributed by atoms with Gasteiger partial charge < -0.3 is 9.73 Å². The van der Waals surface area contributed by atoms with Crippen LogP contribution in [0.4, 0.5) is 6.01 Å². The average Bonchev–Trinajstić information content (AvgIpc) is 3.17. The molecule has 0 aliphatic carbocycles. The van der Waals surface area contributed by atoms with Crippen molar-refractivity contribution >= 4 is 11.9 Å². The molecule has 2 aromatic heterocycles. The van der Waals surface area contributed by atoms with Gasteiger partial charge in [0.15, 0.2) is 0 Å². The minimum absolute atomic E-state index is 0.111. The van der Waals surface area contributed by atoms with E-state index in [2.05, 4.69) is 25.8 Å². The molecule has 1 saturated heterocycles. The number of nitrogens with one attached hydrogen (secondary N) is 2. The van der Waals surface area contributed by atoms with Crippen molar-refractivity contribution in [3.8, 4) is 0 Å². The van der Waals surface area contributed by atoms with Crippen LogP contribution < -0.4 is 10.6 Å². The Kier molecular flexibility index (Phi) is 4.20. The van der Waals surface area contributed by atoms with E-state index in [1.807, 2.05) is 12.1 Å². The highest BCUT2D eigenvalue weighted by atomic mass is 16.4. The fraction of sp³-hybridized carbons (Fsp3) is 0.429. The van der Waals surface area contributed by atoms with E-state index < -0.39 is 0 Å². The van der Waals surface area contributed by atoms with Crippen molar-refractivity contribution in [1.29, 1.82) is 0 Å². The maximum Gasteiger partial charge on any atom is 0.322 e. The number of aryl methyl sites for hydroxylation is 1. The first-order valence-electron chi connectivity index (χ1n) is 7.07. The summed E-state index contributed by atoms with van der Waals surface area (Å²) in [6.07, 6.45) is 6.53. The highest BCUT2D eigenvalue weighted by Crippen LogP contribution is 2.22. The molecular formula is C14H17N5O2. The lowest BCUT2D eigenvalue weighted by molar-refractivity contribution is -0.116. The van der Waals surface area contributed by atoms with E-state index in [9.17, 15) is 4.79 Å². The fourth-order valence-electron chi connectivity index (χ4n) is 2.31. The Morgan fingerprint density at radius 1 is 1.38 bits per heavy atom. The Balaban J connectivity index is 1.50. The van der Waals surface area contributed by atoms with Gasteiger partial charge in [-0.05, 0) is 43.5 Å². The zero-order chi connectivity index (χ0) is 14.5. The lowest BCUT2D eigenvalue weighted by atomic mass is 10.1. The normalized spacial score (nSPS) is 17.8. The number of nitrogens with zero attached hydrogens (tertiary/aromatic N) is 3. The number of amides is 1. The maximum atomic E-state index is 11.8. The second-order valence-corrected chi connectivity index (χ2v) is 5.00. The van der Waals surface area contributed by atoms with E-state index >= 15 is 0 Å². The van der Waals surface area contributed by atoms with Gasteiger partial charge in [0.2, 0.25) is 11.8 Å². The van der Waals surface area contributed by atoms with Crippen molar-refractivity contribution in [1.82, 2.24) is 20.5 Å². The molecule has 1 atom stereocenters. The molecule has 1 aliphatic heterocycles. The Morgan fingerprint density at radius 3 is 3.00 bits per heavy atom. The van der Waals surface area contributed by atoms with Gasteiger partial charge >= 0.3 is 6.01 Å². The van der Waals surface area contributed by atoms with E-state index in [4.69, 9.17) is 4.42 Å². The molecule has 3 heterocycles. The monoisotopic (exact) mass is 287 g/mol. The summed E-state index contributed by atoms with van der Waals surface area (Å²) in [6.45, 7) is 0.959. The minimum Gasteiger partial charge on any atom is -0.406 e. The molecule has 1 amide bonds. The highest BCUT2D eigenvalue weighted by Gasteiger charge is 2.22. The molecule has 3 rings (SSSR count). The first-order valence-corrected chi connectivity index (χ1v) is 7.07. The molecule has 7 heteroatoms. The second kappa shape index (κ2) is 6.45. The predicted octanol–water partition coefficient (Wildman–Crippen LogP) is 1.46. The lowest BCUT2D eigenvalue weighted by Gasteiger charge is -2.03. The maximum absolute atomic E-state index is 11.8. The molecule has 2 N–H and O–H groups in total. The molecule has 0 saturated carbocycles. The highest BCUT2D eigenvalue weighted by molar-refractivity contribution is 5.88. The number of hydrogen-bond donors (Lipinski definition) is 2. The van der Waals surface area contributed by atoms with E-state index in [1.165, 1.54) is 0 Å². The summed E-state index contributed by atoms with van der Waals surface area (Å²) >= 11 is 0. The quantitative estimate of drug-likeness (QED) is 0.864. The van der Waals surface area contributed by atoms with Gasteiger partial charge in [-0.2, -0.15) is 0 Å². The summed E-state index contributed by atoms with van der Waals surface area (Å²) in [4.78, 5) is 15.8. The van der Waals surface area contributed by atoms with Gasteiger partial charge in [-0.15, -0.1) is 5.10 Å². The van der Waals surface area contributed by atoms with Gasteiger partial charge in [0, 0.05) is 18.8 Å². The number of carbonyl (C=O) groups is 1. The molecule has 0 bridgehead atoms. The Bertz CT molecular complexity index is 592. The molecule has 1 aliphatic rings. The zero-order valence-corrected chi connectivity index (χ0v) is 11.6. The van der Waals surface area contributed by atoms with Crippen LogP contribution in [0.2, 0.25) is 0 Å². The van der Waals surface area contributed by atoms with Gasteiger partial charge in [0.1, 0.15) is 0 Å². The molecule has 21 heavy (non-hydrogen) atoms. The number of rotatable bonds is 5. The van der Waals surface area contributed by atoms with Gasteiger partial charge in [-0.3, -0.25) is 15.1 Å². The van der Waals surface area contributed by atoms with E-state index in [0.29, 0.717) is 18.7 Å². The van der Waals surface area contributed by atoms with Crippen molar-refractivity contribution in [2.45, 2.75) is 31.7 Å². The summed E-state index contributed by atoms with van der Waals surface area (Å²) in [7, 11) is 0.